The number of carboxylic acid groups (broad SMARTS) is 1. The highest BCUT2D eigenvalue weighted by atomic mass is 35.5. The number of fused-ring (bicyclic) bond motifs is 2. The number of aliphatic carboxylic acids is 1. The Morgan fingerprint density at radius 3 is 1.93 bits per heavy atom. The second-order valence-electron chi connectivity index (χ2n) is 6.85. The summed E-state index contributed by atoms with van der Waals surface area (Å²) in [7, 11) is 0. The Balaban J connectivity index is 2.14. The number of amides is 1. The SMILES string of the molecule is Cc1cc(C)c(NC(=O)C2C(C(=O)O)C3(Cl)C(Cl)=C(Cl)C2(Cl)C3(Cl)Cl)c(Cl)c1. The number of carbonyl (C=O) groups is 2. The van der Waals surface area contributed by atoms with Gasteiger partial charge in [0.2, 0.25) is 5.91 Å². The van der Waals surface area contributed by atoms with Crippen molar-refractivity contribution in [2.45, 2.75) is 27.9 Å². The van der Waals surface area contributed by atoms with E-state index in [0.29, 0.717) is 11.3 Å². The lowest BCUT2D eigenvalue weighted by atomic mass is 9.81. The minimum Gasteiger partial charge on any atom is -0.481 e. The lowest BCUT2D eigenvalue weighted by molar-refractivity contribution is -0.146. The monoisotopic (exact) mass is 523 g/mol. The van der Waals surface area contributed by atoms with E-state index in [0.717, 1.165) is 5.56 Å². The van der Waals surface area contributed by atoms with Crippen molar-refractivity contribution >= 4 is 98.8 Å². The van der Waals surface area contributed by atoms with Crippen LogP contribution in [0, 0.1) is 25.7 Å². The van der Waals surface area contributed by atoms with Crippen LogP contribution >= 0.6 is 81.2 Å². The number of halogens is 7. The summed E-state index contributed by atoms with van der Waals surface area (Å²) >= 11 is 44.5. The molecule has 0 aliphatic heterocycles. The second kappa shape index (κ2) is 6.98. The first-order valence-corrected chi connectivity index (χ1v) is 10.5. The van der Waals surface area contributed by atoms with E-state index >= 15 is 0 Å². The fourth-order valence-electron chi connectivity index (χ4n) is 3.90. The van der Waals surface area contributed by atoms with Crippen molar-refractivity contribution in [2.24, 2.45) is 11.8 Å². The molecular formula is C17H12Cl7NO3. The highest BCUT2D eigenvalue weighted by Crippen LogP contribution is 2.76. The maximum absolute atomic E-state index is 13.2. The van der Waals surface area contributed by atoms with Gasteiger partial charge in [-0.2, -0.15) is 0 Å². The fraction of sp³-hybridized carbons (Fsp3) is 0.412. The molecule has 4 nitrogen and oxygen atoms in total. The molecule has 11 heteroatoms. The molecule has 0 aromatic heterocycles. The Bertz CT molecular complexity index is 924. The number of allylic oxidation sites excluding steroid dienone is 2. The molecule has 3 rings (SSSR count). The number of carbonyl (C=O) groups excluding carboxylic acids is 1. The third-order valence-electron chi connectivity index (χ3n) is 5.16. The van der Waals surface area contributed by atoms with Gasteiger partial charge in [-0.1, -0.05) is 64.1 Å². The first-order chi connectivity index (χ1) is 12.7. The summed E-state index contributed by atoms with van der Waals surface area (Å²) in [6.45, 7) is 3.58. The van der Waals surface area contributed by atoms with Crippen LogP contribution < -0.4 is 5.32 Å². The molecule has 1 saturated carbocycles. The van der Waals surface area contributed by atoms with Crippen molar-refractivity contribution in [3.05, 3.63) is 38.3 Å². The Morgan fingerprint density at radius 1 is 0.964 bits per heavy atom. The Hall–Kier alpha value is -0.0700. The number of carboxylic acids is 1. The van der Waals surface area contributed by atoms with Gasteiger partial charge in [0, 0.05) is 0 Å². The van der Waals surface area contributed by atoms with Gasteiger partial charge in [-0.15, -0.1) is 23.2 Å². The van der Waals surface area contributed by atoms with Gasteiger partial charge in [-0.25, -0.2) is 0 Å². The van der Waals surface area contributed by atoms with Gasteiger partial charge in [0.05, 0.1) is 32.6 Å². The van der Waals surface area contributed by atoms with E-state index in [1.54, 1.807) is 19.1 Å². The number of hydrogen-bond acceptors (Lipinski definition) is 2. The maximum atomic E-state index is 13.2. The summed E-state index contributed by atoms with van der Waals surface area (Å²) in [4.78, 5) is 21.1. The average Bonchev–Trinajstić information content (AvgIpc) is 2.77. The summed E-state index contributed by atoms with van der Waals surface area (Å²) in [6.07, 6.45) is 0. The van der Waals surface area contributed by atoms with Crippen LogP contribution in [0.5, 0.6) is 0 Å². The lowest BCUT2D eigenvalue weighted by Crippen LogP contribution is -2.47. The quantitative estimate of drug-likeness (QED) is 0.471. The van der Waals surface area contributed by atoms with E-state index in [4.69, 9.17) is 81.2 Å². The maximum Gasteiger partial charge on any atom is 0.309 e. The smallest absolute Gasteiger partial charge is 0.309 e. The predicted octanol–water partition coefficient (Wildman–Crippen LogP) is 6.06. The topological polar surface area (TPSA) is 66.4 Å². The van der Waals surface area contributed by atoms with Gasteiger partial charge in [0.15, 0.2) is 4.33 Å². The van der Waals surface area contributed by atoms with E-state index in [1.807, 2.05) is 6.92 Å². The first kappa shape index (κ1) is 22.6. The zero-order valence-electron chi connectivity index (χ0n) is 14.2. The zero-order valence-corrected chi connectivity index (χ0v) is 19.5. The molecule has 1 aromatic carbocycles. The van der Waals surface area contributed by atoms with Crippen molar-refractivity contribution in [1.29, 1.82) is 0 Å². The van der Waals surface area contributed by atoms with Crippen LogP contribution in [0.2, 0.25) is 5.02 Å². The lowest BCUT2D eigenvalue weighted by Gasteiger charge is -2.33. The number of nitrogens with one attached hydrogen (secondary N) is 1. The van der Waals surface area contributed by atoms with Crippen LogP contribution in [0.4, 0.5) is 5.69 Å². The highest BCUT2D eigenvalue weighted by molar-refractivity contribution is 6.66. The van der Waals surface area contributed by atoms with Crippen LogP contribution in [0.15, 0.2) is 22.2 Å². The summed E-state index contributed by atoms with van der Waals surface area (Å²) < 4.78 is -2.16. The summed E-state index contributed by atoms with van der Waals surface area (Å²) in [5.74, 6) is -5.41. The minimum absolute atomic E-state index is 0.264. The molecule has 152 valence electrons. The zero-order chi connectivity index (χ0) is 21.4. The van der Waals surface area contributed by atoms with E-state index in [-0.39, 0.29) is 15.1 Å². The molecule has 0 spiro atoms. The molecule has 2 bridgehead atoms. The standard InChI is InChI=1S/C17H12Cl7NO3/c1-5-3-6(2)10(7(18)4-5)25-13(26)8-9(14(27)28)16(22)12(20)11(19)15(8,21)17(16,23)24/h3-4,8-9H,1-2H3,(H,25,26)(H,27,28). The first-order valence-electron chi connectivity index (χ1n) is 7.85. The largest absolute Gasteiger partial charge is 0.481 e. The number of hydrogen-bond donors (Lipinski definition) is 2. The number of anilines is 1. The van der Waals surface area contributed by atoms with Crippen LogP contribution in [0.1, 0.15) is 11.1 Å². The molecule has 0 saturated heterocycles. The minimum atomic E-state index is -2.16. The fourth-order valence-corrected chi connectivity index (χ4v) is 7.21. The molecule has 1 amide bonds. The number of alkyl halides is 4. The van der Waals surface area contributed by atoms with Crippen molar-refractivity contribution in [2.75, 3.05) is 5.32 Å². The van der Waals surface area contributed by atoms with Crippen molar-refractivity contribution < 1.29 is 14.7 Å². The summed E-state index contributed by atoms with van der Waals surface area (Å²) in [5.41, 5.74) is 1.85. The van der Waals surface area contributed by atoms with E-state index < -0.39 is 37.8 Å². The van der Waals surface area contributed by atoms with Crippen LogP contribution in [-0.4, -0.2) is 31.1 Å². The molecule has 4 atom stereocenters. The van der Waals surface area contributed by atoms with Gasteiger partial charge in [-0.05, 0) is 31.0 Å². The van der Waals surface area contributed by atoms with Gasteiger partial charge >= 0.3 is 5.97 Å². The molecule has 2 aliphatic carbocycles. The molecule has 4 unspecified atom stereocenters. The average molecular weight is 526 g/mol. The van der Waals surface area contributed by atoms with Crippen molar-refractivity contribution in [1.82, 2.24) is 0 Å². The Labute approximate surface area is 196 Å². The Kier molecular flexibility index (Phi) is 5.64. The normalized spacial score (nSPS) is 33.3. The van der Waals surface area contributed by atoms with Gasteiger partial charge in [0.1, 0.15) is 9.75 Å². The van der Waals surface area contributed by atoms with E-state index in [9.17, 15) is 14.7 Å². The van der Waals surface area contributed by atoms with Crippen LogP contribution in [-0.2, 0) is 9.59 Å². The highest BCUT2D eigenvalue weighted by Gasteiger charge is 2.85. The van der Waals surface area contributed by atoms with Crippen molar-refractivity contribution in [3.63, 3.8) is 0 Å². The summed E-state index contributed by atoms with van der Waals surface area (Å²) in [5, 5.41) is 12.1. The molecule has 28 heavy (non-hydrogen) atoms. The predicted molar refractivity (Wildman–Crippen MR) is 115 cm³/mol. The van der Waals surface area contributed by atoms with Crippen molar-refractivity contribution in [3.8, 4) is 0 Å². The Morgan fingerprint density at radius 2 is 1.46 bits per heavy atom. The summed E-state index contributed by atoms with van der Waals surface area (Å²) in [6, 6.07) is 3.45. The number of aryl methyl sites for hydroxylation is 2. The van der Waals surface area contributed by atoms with Crippen LogP contribution in [0.25, 0.3) is 0 Å². The molecule has 1 fully saturated rings. The van der Waals surface area contributed by atoms with Crippen LogP contribution in [0.3, 0.4) is 0 Å². The number of benzene rings is 1. The van der Waals surface area contributed by atoms with E-state index in [1.165, 1.54) is 0 Å². The molecular weight excluding hydrogens is 514 g/mol. The second-order valence-corrected chi connectivity index (χ2v) is 10.5. The molecule has 0 heterocycles. The van der Waals surface area contributed by atoms with Gasteiger partial charge in [-0.3, -0.25) is 9.59 Å². The molecule has 2 aliphatic rings. The third kappa shape index (κ3) is 2.65. The van der Waals surface area contributed by atoms with Gasteiger partial charge in [0.25, 0.3) is 0 Å². The van der Waals surface area contributed by atoms with E-state index in [2.05, 4.69) is 5.32 Å². The third-order valence-corrected chi connectivity index (χ3v) is 9.72. The molecule has 0 radical (unpaired) electrons. The van der Waals surface area contributed by atoms with Gasteiger partial charge < -0.3 is 10.4 Å². The molecule has 1 aromatic rings. The number of rotatable bonds is 3. The molecule has 2 N–H and O–H groups in total.